The molecule has 78 valence electrons. The Balaban J connectivity index is 3.69. The maximum absolute atomic E-state index is 11.3. The Labute approximate surface area is 89.4 Å². The molecule has 3 nitrogen and oxygen atoms in total. The van der Waals surface area contributed by atoms with Gasteiger partial charge in [0.25, 0.3) is 0 Å². The van der Waals surface area contributed by atoms with Gasteiger partial charge in [0.05, 0.1) is 0 Å². The topological polar surface area (TPSA) is 53.9 Å². The van der Waals surface area contributed by atoms with Crippen molar-refractivity contribution in [3.8, 4) is 0 Å². The molecule has 0 atom stereocenters. The van der Waals surface area contributed by atoms with Crippen LogP contribution in [0.1, 0.15) is 13.8 Å². The maximum atomic E-state index is 11.3. The molecule has 0 aromatic carbocycles. The van der Waals surface area contributed by atoms with Crippen molar-refractivity contribution in [3.63, 3.8) is 0 Å². The second-order valence-electron chi connectivity index (χ2n) is 3.31. The SMILES string of the molecule is COC(=O)C(C)(C)C[Se]SCC[NH3+]. The van der Waals surface area contributed by atoms with E-state index >= 15 is 0 Å². The minimum atomic E-state index is -0.317. The third-order valence-electron chi connectivity index (χ3n) is 1.47. The van der Waals surface area contributed by atoms with E-state index in [2.05, 4.69) is 5.73 Å². The summed E-state index contributed by atoms with van der Waals surface area (Å²) in [4.78, 5) is 11.3. The van der Waals surface area contributed by atoms with E-state index in [1.807, 2.05) is 24.0 Å². The van der Waals surface area contributed by atoms with Crippen molar-refractivity contribution in [2.45, 2.75) is 19.2 Å². The van der Waals surface area contributed by atoms with Crippen molar-refractivity contribution in [2.24, 2.45) is 5.41 Å². The van der Waals surface area contributed by atoms with Gasteiger partial charge in [-0.05, 0) is 0 Å². The van der Waals surface area contributed by atoms with Crippen molar-refractivity contribution < 1.29 is 15.3 Å². The van der Waals surface area contributed by atoms with Crippen LogP contribution in [0.2, 0.25) is 5.32 Å². The van der Waals surface area contributed by atoms with Crippen molar-refractivity contribution in [3.05, 3.63) is 0 Å². The molecular formula is C8H18NO2SSe+. The van der Waals surface area contributed by atoms with Crippen molar-refractivity contribution in [1.29, 1.82) is 0 Å². The predicted octanol–water partition coefficient (Wildman–Crippen LogP) is 0.198. The van der Waals surface area contributed by atoms with Gasteiger partial charge in [0.1, 0.15) is 0 Å². The van der Waals surface area contributed by atoms with Gasteiger partial charge in [0, 0.05) is 0 Å². The number of carbonyl (C=O) groups is 1. The predicted molar refractivity (Wildman–Crippen MR) is 56.6 cm³/mol. The van der Waals surface area contributed by atoms with Crippen LogP contribution in [0.3, 0.4) is 0 Å². The first kappa shape index (κ1) is 13.3. The summed E-state index contributed by atoms with van der Waals surface area (Å²) < 4.78 is 4.72. The van der Waals surface area contributed by atoms with E-state index in [1.165, 1.54) is 7.11 Å². The summed E-state index contributed by atoms with van der Waals surface area (Å²) in [5.74, 6) is 0.988. The summed E-state index contributed by atoms with van der Waals surface area (Å²) in [5.41, 5.74) is 3.45. The van der Waals surface area contributed by atoms with E-state index in [0.29, 0.717) is 13.8 Å². The number of esters is 1. The Hall–Kier alpha value is 0.299. The first-order chi connectivity index (χ1) is 6.04. The second kappa shape index (κ2) is 6.71. The minimum absolute atomic E-state index is 0.107. The number of carbonyl (C=O) groups excluding carboxylic acids is 1. The van der Waals surface area contributed by atoms with Crippen molar-refractivity contribution in [1.82, 2.24) is 0 Å². The number of rotatable bonds is 6. The van der Waals surface area contributed by atoms with Crippen LogP contribution in [0.25, 0.3) is 0 Å². The van der Waals surface area contributed by atoms with E-state index < -0.39 is 0 Å². The Kier molecular flexibility index (Phi) is 6.86. The second-order valence-corrected chi connectivity index (χ2v) is 7.77. The molecule has 0 radical (unpaired) electrons. The Morgan fingerprint density at radius 1 is 1.62 bits per heavy atom. The Morgan fingerprint density at radius 3 is 2.69 bits per heavy atom. The molecule has 0 saturated carbocycles. The van der Waals surface area contributed by atoms with Crippen LogP contribution in [-0.2, 0) is 9.53 Å². The standard InChI is InChI=1S/C8H17NO2SSe/c1-8(2,7(10)11-3)6-13-12-5-4-9/h4-6,9H2,1-3H3/p+1. The zero-order valence-corrected chi connectivity index (χ0v) is 11.0. The number of methoxy groups -OCH3 is 1. The molecule has 0 amide bonds. The fourth-order valence-corrected chi connectivity index (χ4v) is 5.37. The molecule has 3 N–H and O–H groups in total. The Bertz CT molecular complexity index is 164. The molecule has 5 heteroatoms. The van der Waals surface area contributed by atoms with E-state index in [-0.39, 0.29) is 11.4 Å². The summed E-state index contributed by atoms with van der Waals surface area (Å²) in [7, 11) is 3.34. The van der Waals surface area contributed by atoms with Crippen LogP contribution in [0, 0.1) is 5.41 Å². The quantitative estimate of drug-likeness (QED) is 0.426. The molecule has 0 aliphatic rings. The van der Waals surface area contributed by atoms with E-state index in [4.69, 9.17) is 4.74 Å². The van der Waals surface area contributed by atoms with Crippen LogP contribution in [-0.4, -0.2) is 39.2 Å². The van der Waals surface area contributed by atoms with E-state index in [0.717, 1.165) is 17.6 Å². The summed E-state index contributed by atoms with van der Waals surface area (Å²) in [6.45, 7) is 4.84. The molecule has 0 heterocycles. The van der Waals surface area contributed by atoms with Gasteiger partial charge in [-0.1, -0.05) is 0 Å². The molecule has 0 saturated heterocycles. The van der Waals surface area contributed by atoms with Gasteiger partial charge in [0.2, 0.25) is 0 Å². The molecule has 0 fully saturated rings. The van der Waals surface area contributed by atoms with Crippen LogP contribution in [0.4, 0.5) is 0 Å². The summed E-state index contributed by atoms with van der Waals surface area (Å²) in [6.07, 6.45) is 0. The monoisotopic (exact) mass is 272 g/mol. The van der Waals surface area contributed by atoms with Crippen LogP contribution in [0.5, 0.6) is 0 Å². The summed E-state index contributed by atoms with van der Waals surface area (Å²) in [5, 5.41) is 0.928. The fourth-order valence-electron chi connectivity index (χ4n) is 0.642. The molecule has 0 unspecified atom stereocenters. The molecular weight excluding hydrogens is 253 g/mol. The third-order valence-corrected chi connectivity index (χ3v) is 6.56. The molecule has 0 spiro atoms. The fraction of sp³-hybridized carbons (Fsp3) is 0.875. The number of hydrogen-bond acceptors (Lipinski definition) is 3. The first-order valence-electron chi connectivity index (χ1n) is 4.16. The normalized spacial score (nSPS) is 11.4. The molecule has 0 rings (SSSR count). The molecule has 0 aliphatic heterocycles. The van der Waals surface area contributed by atoms with Gasteiger partial charge < -0.3 is 0 Å². The first-order valence-corrected chi connectivity index (χ1v) is 8.38. The van der Waals surface area contributed by atoms with Crippen LogP contribution < -0.4 is 5.73 Å². The van der Waals surface area contributed by atoms with Crippen LogP contribution in [0.15, 0.2) is 0 Å². The summed E-state index contributed by atoms with van der Waals surface area (Å²) >= 11 is 0.468. The van der Waals surface area contributed by atoms with Gasteiger partial charge in [-0.2, -0.15) is 0 Å². The van der Waals surface area contributed by atoms with Crippen molar-refractivity contribution >= 4 is 30.0 Å². The third kappa shape index (κ3) is 5.57. The number of hydrogen-bond donors (Lipinski definition) is 1. The average Bonchev–Trinajstić information content (AvgIpc) is 2.11. The molecule has 0 bridgehead atoms. The van der Waals surface area contributed by atoms with Gasteiger partial charge in [-0.3, -0.25) is 0 Å². The van der Waals surface area contributed by atoms with Crippen LogP contribution >= 0.6 is 10.2 Å². The van der Waals surface area contributed by atoms with Gasteiger partial charge in [0.15, 0.2) is 0 Å². The van der Waals surface area contributed by atoms with E-state index in [9.17, 15) is 4.79 Å². The van der Waals surface area contributed by atoms with Crippen molar-refractivity contribution in [2.75, 3.05) is 19.4 Å². The van der Waals surface area contributed by atoms with E-state index in [1.54, 1.807) is 0 Å². The van der Waals surface area contributed by atoms with Gasteiger partial charge in [-0.15, -0.1) is 0 Å². The molecule has 0 aliphatic carbocycles. The summed E-state index contributed by atoms with van der Waals surface area (Å²) in [6, 6.07) is 0. The number of ether oxygens (including phenoxy) is 1. The Morgan fingerprint density at radius 2 is 2.23 bits per heavy atom. The molecule has 0 aromatic heterocycles. The number of quaternary nitrogens is 1. The zero-order chi connectivity index (χ0) is 10.3. The zero-order valence-electron chi connectivity index (χ0n) is 8.46. The van der Waals surface area contributed by atoms with Gasteiger partial charge >= 0.3 is 89.2 Å². The molecule has 0 aromatic rings. The average molecular weight is 271 g/mol. The van der Waals surface area contributed by atoms with Gasteiger partial charge in [-0.25, -0.2) is 0 Å². The molecule has 13 heavy (non-hydrogen) atoms.